The van der Waals surface area contributed by atoms with Gasteiger partial charge in [0.05, 0.1) is 12.1 Å². The Labute approximate surface area is 122 Å². The average molecular weight is 297 g/mol. The van der Waals surface area contributed by atoms with Crippen molar-refractivity contribution >= 4 is 5.91 Å². The lowest BCUT2D eigenvalue weighted by molar-refractivity contribution is -0.137. The van der Waals surface area contributed by atoms with E-state index in [9.17, 15) is 18.0 Å². The first kappa shape index (κ1) is 17.1. The number of benzene rings is 1. The van der Waals surface area contributed by atoms with E-state index in [-0.39, 0.29) is 23.4 Å². The molecule has 0 saturated carbocycles. The van der Waals surface area contributed by atoms with Crippen LogP contribution in [0.1, 0.15) is 38.3 Å². The van der Waals surface area contributed by atoms with Gasteiger partial charge in [-0.05, 0) is 23.6 Å². The number of nitrogens with one attached hydrogen (secondary N) is 1. The number of hydrogen-bond acceptors (Lipinski definition) is 1. The van der Waals surface area contributed by atoms with E-state index in [1.54, 1.807) is 0 Å². The maximum atomic E-state index is 12.5. The highest BCUT2D eigenvalue weighted by Crippen LogP contribution is 2.29. The molecule has 0 aromatic heterocycles. The minimum absolute atomic E-state index is 0.113. The summed E-state index contributed by atoms with van der Waals surface area (Å²) in [5.74, 6) is 5.13. The van der Waals surface area contributed by atoms with Gasteiger partial charge in [0.15, 0.2) is 0 Å². The molecule has 114 valence electrons. The van der Waals surface area contributed by atoms with Crippen molar-refractivity contribution in [3.63, 3.8) is 0 Å². The maximum absolute atomic E-state index is 12.5. The smallest absolute Gasteiger partial charge is 0.345 e. The first-order chi connectivity index (χ1) is 9.58. The van der Waals surface area contributed by atoms with Gasteiger partial charge in [-0.2, -0.15) is 13.2 Å². The van der Waals surface area contributed by atoms with Crippen LogP contribution in [-0.4, -0.2) is 12.5 Å². The highest BCUT2D eigenvalue weighted by Gasteiger charge is 2.30. The Morgan fingerprint density at radius 2 is 1.90 bits per heavy atom. The van der Waals surface area contributed by atoms with Crippen LogP contribution in [0.15, 0.2) is 24.3 Å². The van der Waals surface area contributed by atoms with Crippen molar-refractivity contribution in [1.29, 1.82) is 0 Å². The van der Waals surface area contributed by atoms with E-state index in [0.29, 0.717) is 6.42 Å². The summed E-state index contributed by atoms with van der Waals surface area (Å²) in [7, 11) is 0. The lowest BCUT2D eigenvalue weighted by atomic mass is 9.92. The topological polar surface area (TPSA) is 29.1 Å². The molecule has 0 saturated heterocycles. The van der Waals surface area contributed by atoms with E-state index in [2.05, 4.69) is 17.2 Å². The van der Waals surface area contributed by atoms with Gasteiger partial charge in [-0.15, -0.1) is 0 Å². The van der Waals surface area contributed by atoms with E-state index >= 15 is 0 Å². The molecule has 1 aromatic rings. The molecule has 0 fully saturated rings. The Kier molecular flexibility index (Phi) is 5.42. The zero-order valence-corrected chi connectivity index (χ0v) is 12.3. The number of alkyl halides is 3. The predicted molar refractivity (Wildman–Crippen MR) is 75.4 cm³/mol. The normalized spacial score (nSPS) is 11.5. The van der Waals surface area contributed by atoms with Crippen molar-refractivity contribution < 1.29 is 18.0 Å². The van der Waals surface area contributed by atoms with Gasteiger partial charge < -0.3 is 5.32 Å². The molecule has 21 heavy (non-hydrogen) atoms. The summed E-state index contributed by atoms with van der Waals surface area (Å²) in [6, 6.07) is 4.80. The van der Waals surface area contributed by atoms with Gasteiger partial charge in [0.1, 0.15) is 0 Å². The monoisotopic (exact) mass is 297 g/mol. The van der Waals surface area contributed by atoms with Crippen LogP contribution in [0.3, 0.4) is 0 Å². The third-order valence-electron chi connectivity index (χ3n) is 2.49. The summed E-state index contributed by atoms with van der Waals surface area (Å²) in [6.45, 7) is 5.95. The molecule has 0 atom stereocenters. The molecule has 0 spiro atoms. The van der Waals surface area contributed by atoms with Crippen LogP contribution in [0, 0.1) is 17.3 Å². The van der Waals surface area contributed by atoms with Gasteiger partial charge >= 0.3 is 6.18 Å². The molecule has 0 unspecified atom stereocenters. The van der Waals surface area contributed by atoms with Crippen LogP contribution in [0.4, 0.5) is 13.2 Å². The van der Waals surface area contributed by atoms with E-state index in [4.69, 9.17) is 0 Å². The molecule has 0 radical (unpaired) electrons. The standard InChI is InChI=1S/C16H18F3NO/c1-15(2,3)11-14(21)20-9-5-7-12-6-4-8-13(10-12)16(17,18)19/h4,6,8,10H,9,11H2,1-3H3,(H,20,21). The summed E-state index contributed by atoms with van der Waals surface area (Å²) >= 11 is 0. The molecule has 0 aliphatic carbocycles. The lowest BCUT2D eigenvalue weighted by Gasteiger charge is -2.16. The number of carbonyl (C=O) groups is 1. The molecule has 1 rings (SSSR count). The van der Waals surface area contributed by atoms with Gasteiger partial charge in [-0.25, -0.2) is 0 Å². The molecular formula is C16H18F3NO. The van der Waals surface area contributed by atoms with Crippen molar-refractivity contribution in [3.8, 4) is 11.8 Å². The molecule has 1 aromatic carbocycles. The number of amides is 1. The van der Waals surface area contributed by atoms with Crippen LogP contribution in [0.5, 0.6) is 0 Å². The Morgan fingerprint density at radius 3 is 2.48 bits per heavy atom. The fourth-order valence-electron chi connectivity index (χ4n) is 1.61. The first-order valence-electron chi connectivity index (χ1n) is 6.51. The molecule has 1 amide bonds. The van der Waals surface area contributed by atoms with E-state index in [1.165, 1.54) is 12.1 Å². The van der Waals surface area contributed by atoms with Crippen LogP contribution < -0.4 is 5.32 Å². The molecule has 2 nitrogen and oxygen atoms in total. The lowest BCUT2D eigenvalue weighted by Crippen LogP contribution is -2.27. The highest BCUT2D eigenvalue weighted by atomic mass is 19.4. The number of carbonyl (C=O) groups excluding carboxylic acids is 1. The summed E-state index contributed by atoms with van der Waals surface area (Å²) < 4.78 is 37.5. The number of hydrogen-bond donors (Lipinski definition) is 1. The Balaban J connectivity index is 2.58. The van der Waals surface area contributed by atoms with Gasteiger partial charge in [-0.1, -0.05) is 38.7 Å². The Bertz CT molecular complexity index is 559. The van der Waals surface area contributed by atoms with Crippen molar-refractivity contribution in [3.05, 3.63) is 35.4 Å². The fourth-order valence-corrected chi connectivity index (χ4v) is 1.61. The summed E-state index contributed by atoms with van der Waals surface area (Å²) in [5, 5.41) is 2.62. The minimum atomic E-state index is -4.38. The third kappa shape index (κ3) is 6.84. The zero-order valence-electron chi connectivity index (χ0n) is 12.3. The largest absolute Gasteiger partial charge is 0.416 e. The molecule has 1 N–H and O–H groups in total. The van der Waals surface area contributed by atoms with E-state index < -0.39 is 11.7 Å². The molecule has 5 heteroatoms. The minimum Gasteiger partial charge on any atom is -0.345 e. The SMILES string of the molecule is CC(C)(C)CC(=O)NCC#Cc1cccc(C(F)(F)F)c1. The third-order valence-corrected chi connectivity index (χ3v) is 2.49. The molecule has 0 bridgehead atoms. The van der Waals surface area contributed by atoms with Crippen LogP contribution in [0.25, 0.3) is 0 Å². The highest BCUT2D eigenvalue weighted by molar-refractivity contribution is 5.76. The van der Waals surface area contributed by atoms with Crippen LogP contribution >= 0.6 is 0 Å². The van der Waals surface area contributed by atoms with Gasteiger partial charge in [-0.3, -0.25) is 4.79 Å². The van der Waals surface area contributed by atoms with Gasteiger partial charge in [0, 0.05) is 12.0 Å². The van der Waals surface area contributed by atoms with Gasteiger partial charge in [0.2, 0.25) is 5.91 Å². The zero-order chi connectivity index (χ0) is 16.1. The molecule has 0 heterocycles. The number of rotatable bonds is 2. The summed E-state index contributed by atoms with van der Waals surface area (Å²) in [4.78, 5) is 11.5. The average Bonchev–Trinajstić information content (AvgIpc) is 2.32. The van der Waals surface area contributed by atoms with Crippen molar-refractivity contribution in [2.24, 2.45) is 5.41 Å². The Morgan fingerprint density at radius 1 is 1.24 bits per heavy atom. The second kappa shape index (κ2) is 6.66. The second-order valence-corrected chi connectivity index (χ2v) is 5.89. The van der Waals surface area contributed by atoms with Gasteiger partial charge in [0.25, 0.3) is 0 Å². The van der Waals surface area contributed by atoms with Crippen LogP contribution in [-0.2, 0) is 11.0 Å². The summed E-state index contributed by atoms with van der Waals surface area (Å²) in [5.41, 5.74) is -0.570. The van der Waals surface area contributed by atoms with E-state index in [0.717, 1.165) is 12.1 Å². The van der Waals surface area contributed by atoms with E-state index in [1.807, 2.05) is 20.8 Å². The van der Waals surface area contributed by atoms with Crippen molar-refractivity contribution in [2.75, 3.05) is 6.54 Å². The van der Waals surface area contributed by atoms with Crippen molar-refractivity contribution in [1.82, 2.24) is 5.32 Å². The van der Waals surface area contributed by atoms with Crippen molar-refractivity contribution in [2.45, 2.75) is 33.4 Å². The fraction of sp³-hybridized carbons (Fsp3) is 0.438. The molecule has 0 aliphatic heterocycles. The first-order valence-corrected chi connectivity index (χ1v) is 6.51. The maximum Gasteiger partial charge on any atom is 0.416 e. The van der Waals surface area contributed by atoms with Crippen LogP contribution in [0.2, 0.25) is 0 Å². The summed E-state index contributed by atoms with van der Waals surface area (Å²) in [6.07, 6.45) is -4.00. The second-order valence-electron chi connectivity index (χ2n) is 5.89. The molecular weight excluding hydrogens is 279 g/mol. The number of halogens is 3. The predicted octanol–water partition coefficient (Wildman–Crippen LogP) is 3.61. The quantitative estimate of drug-likeness (QED) is 0.830. The molecule has 0 aliphatic rings. The Hall–Kier alpha value is -1.96.